The fraction of sp³-hybridized carbons (Fsp3) is 0.667. The second-order valence-corrected chi connectivity index (χ2v) is 14.1. The van der Waals surface area contributed by atoms with Crippen LogP contribution in [0, 0.1) is 8.99 Å². The predicted octanol–water partition coefficient (Wildman–Crippen LogP) is 0.297. The lowest BCUT2D eigenvalue weighted by atomic mass is 9.62. The number of hydrogen-bond donors (Lipinski definition) is 4. The number of carbonyl (C=O) groups excluding carboxylic acids is 4. The first-order valence-electron chi connectivity index (χ1n) is 15.0. The van der Waals surface area contributed by atoms with Gasteiger partial charge in [0, 0.05) is 16.4 Å². The summed E-state index contributed by atoms with van der Waals surface area (Å²) in [4.78, 5) is 59.9. The van der Waals surface area contributed by atoms with E-state index in [1.165, 1.54) is 12.0 Å². The van der Waals surface area contributed by atoms with Crippen LogP contribution in [0.15, 0.2) is 24.3 Å². The number of rotatable bonds is 11. The number of carbonyl (C=O) groups is 4. The highest BCUT2D eigenvalue weighted by molar-refractivity contribution is 14.1. The number of amides is 2. The lowest BCUT2D eigenvalue weighted by molar-refractivity contribution is -0.201. The molecule has 1 aliphatic carbocycles. The number of aliphatic hydroxyl groups excluding tert-OH is 2. The minimum atomic E-state index is -1.53. The van der Waals surface area contributed by atoms with Crippen molar-refractivity contribution in [3.05, 3.63) is 33.4 Å². The van der Waals surface area contributed by atoms with Crippen LogP contribution < -0.4 is 10.6 Å². The Hall–Kier alpha value is -2.41. The van der Waals surface area contributed by atoms with Gasteiger partial charge in [0.05, 0.1) is 25.3 Å². The van der Waals surface area contributed by atoms with E-state index >= 15 is 0 Å². The minimum Gasteiger partial charge on any atom is -0.460 e. The van der Waals surface area contributed by atoms with Crippen molar-refractivity contribution in [1.82, 2.24) is 15.7 Å². The second kappa shape index (κ2) is 13.4. The Kier molecular flexibility index (Phi) is 10.1. The van der Waals surface area contributed by atoms with Gasteiger partial charge in [-0.3, -0.25) is 24.0 Å². The van der Waals surface area contributed by atoms with Crippen LogP contribution >= 0.6 is 22.6 Å². The number of ether oxygens (including phenoxy) is 4. The number of nitrogens with zero attached hydrogens (tertiary/aromatic N) is 1. The number of benzene rings is 1. The van der Waals surface area contributed by atoms with Crippen LogP contribution in [-0.2, 0) is 49.5 Å². The zero-order chi connectivity index (χ0) is 32.7. The highest BCUT2D eigenvalue weighted by Gasteiger charge is 2.74. The summed E-state index contributed by atoms with van der Waals surface area (Å²) in [7, 11) is 0. The van der Waals surface area contributed by atoms with E-state index in [0.717, 1.165) is 9.13 Å². The molecule has 9 unspecified atom stereocenters. The van der Waals surface area contributed by atoms with E-state index < -0.39 is 90.0 Å². The summed E-state index contributed by atoms with van der Waals surface area (Å²) in [5, 5.41) is 27.2. The third-order valence-corrected chi connectivity index (χ3v) is 9.57. The number of hydroxylamine groups is 2. The summed E-state index contributed by atoms with van der Waals surface area (Å²) in [5.41, 5.74) is -1.35. The largest absolute Gasteiger partial charge is 0.460 e. The number of hydrogen-bond acceptors (Lipinski definition) is 12. The molecule has 3 heterocycles. The number of nitrogens with one attached hydrogen (secondary N) is 2. The highest BCUT2D eigenvalue weighted by atomic mass is 127. The Morgan fingerprint density at radius 2 is 1.89 bits per heavy atom. The van der Waals surface area contributed by atoms with Gasteiger partial charge in [-0.15, -0.1) is 0 Å². The molecule has 9 atom stereocenters. The van der Waals surface area contributed by atoms with E-state index in [1.54, 1.807) is 20.8 Å². The molecule has 2 amide bonds. The molecule has 4 fully saturated rings. The summed E-state index contributed by atoms with van der Waals surface area (Å²) in [5.74, 6) is -2.61. The van der Waals surface area contributed by atoms with E-state index in [1.807, 2.05) is 24.3 Å². The molecule has 2 bridgehead atoms. The second-order valence-electron chi connectivity index (χ2n) is 12.9. The molecular formula is C30H40IN3O11. The van der Waals surface area contributed by atoms with Crippen molar-refractivity contribution in [3.8, 4) is 0 Å². The van der Waals surface area contributed by atoms with Crippen LogP contribution in [0.2, 0.25) is 0 Å². The number of fused-ring (bicyclic) bond motifs is 4. The zero-order valence-electron chi connectivity index (χ0n) is 25.6. The fourth-order valence-corrected chi connectivity index (χ4v) is 7.05. The Bertz CT molecular complexity index is 1310. The topological polar surface area (TPSA) is 182 Å². The molecule has 4 N–H and O–H groups in total. The van der Waals surface area contributed by atoms with Crippen LogP contribution in [-0.4, -0.2) is 107 Å². The molecule has 1 aromatic rings. The van der Waals surface area contributed by atoms with E-state index in [-0.39, 0.29) is 32.6 Å². The maximum atomic E-state index is 14.4. The van der Waals surface area contributed by atoms with Crippen molar-refractivity contribution in [2.75, 3.05) is 13.4 Å². The molecule has 3 saturated heterocycles. The summed E-state index contributed by atoms with van der Waals surface area (Å²) in [6.07, 6.45) is -4.39. The van der Waals surface area contributed by atoms with Gasteiger partial charge in [0.1, 0.15) is 48.3 Å². The smallest absolute Gasteiger partial charge is 0.327 e. The molecule has 14 nitrogen and oxygen atoms in total. The van der Waals surface area contributed by atoms with Crippen LogP contribution in [0.5, 0.6) is 0 Å². The first-order valence-corrected chi connectivity index (χ1v) is 16.1. The fourth-order valence-electron chi connectivity index (χ4n) is 6.49. The zero-order valence-corrected chi connectivity index (χ0v) is 27.7. The highest BCUT2D eigenvalue weighted by Crippen LogP contribution is 2.55. The summed E-state index contributed by atoms with van der Waals surface area (Å²) < 4.78 is 23.6. The molecule has 0 spiro atoms. The normalized spacial score (nSPS) is 30.9. The van der Waals surface area contributed by atoms with Gasteiger partial charge in [-0.1, -0.05) is 18.2 Å². The van der Waals surface area contributed by atoms with Crippen molar-refractivity contribution in [2.24, 2.45) is 5.41 Å². The van der Waals surface area contributed by atoms with Crippen LogP contribution in [0.3, 0.4) is 0 Å². The Balaban J connectivity index is 1.37. The Labute approximate surface area is 274 Å². The van der Waals surface area contributed by atoms with Crippen molar-refractivity contribution in [1.29, 1.82) is 0 Å². The molecule has 4 aliphatic rings. The monoisotopic (exact) mass is 745 g/mol. The minimum absolute atomic E-state index is 0.0517. The van der Waals surface area contributed by atoms with Gasteiger partial charge in [-0.2, -0.15) is 5.06 Å². The summed E-state index contributed by atoms with van der Waals surface area (Å²) in [6.45, 7) is 6.16. The molecule has 3 aliphatic heterocycles. The molecule has 1 saturated carbocycles. The van der Waals surface area contributed by atoms with Crippen molar-refractivity contribution < 1.29 is 53.2 Å². The molecule has 0 aromatic heterocycles. The lowest BCUT2D eigenvalue weighted by Crippen LogP contribution is -2.71. The molecular weight excluding hydrogens is 705 g/mol. The first kappa shape index (κ1) is 33.9. The standard InChI is InChI=1S/C30H40IN3O11/c1-15(36)21(26(38)32-17(13-35)9-10-20(37)44-29(2,3)4)33-28(40)30-11-19-22-23(42-14-41-22)25(30)45-34(24(30)27(39)43-19)12-16-7-5-6-8-18(16)31/h5-8,15,17,19,21-25,35-36H,9-14H2,1-4H3,(H,32,38)(H,33,40). The number of esters is 2. The van der Waals surface area contributed by atoms with Crippen molar-refractivity contribution in [2.45, 2.75) is 108 Å². The maximum absolute atomic E-state index is 14.4. The van der Waals surface area contributed by atoms with E-state index in [9.17, 15) is 29.4 Å². The average molecular weight is 746 g/mol. The average Bonchev–Trinajstić information content (AvgIpc) is 3.58. The molecule has 248 valence electrons. The van der Waals surface area contributed by atoms with E-state index in [4.69, 9.17) is 23.8 Å². The van der Waals surface area contributed by atoms with Gasteiger partial charge in [-0.25, -0.2) is 0 Å². The van der Waals surface area contributed by atoms with E-state index in [2.05, 4.69) is 33.2 Å². The molecule has 45 heavy (non-hydrogen) atoms. The molecule has 5 rings (SSSR count). The number of aliphatic hydroxyl groups is 2. The molecule has 0 radical (unpaired) electrons. The predicted molar refractivity (Wildman–Crippen MR) is 163 cm³/mol. The third-order valence-electron chi connectivity index (χ3n) is 8.51. The van der Waals surface area contributed by atoms with Crippen molar-refractivity contribution in [3.63, 3.8) is 0 Å². The Morgan fingerprint density at radius 3 is 2.56 bits per heavy atom. The van der Waals surface area contributed by atoms with Crippen molar-refractivity contribution >= 4 is 46.3 Å². The quantitative estimate of drug-likeness (QED) is 0.180. The number of halogens is 1. The molecule has 1 aromatic carbocycles. The first-order chi connectivity index (χ1) is 21.2. The van der Waals surface area contributed by atoms with Gasteiger partial charge >= 0.3 is 11.9 Å². The van der Waals surface area contributed by atoms with Crippen LogP contribution in [0.4, 0.5) is 0 Å². The SMILES string of the molecule is CC(O)C(NC(=O)C12CC3OC(=O)C1N(Cc1ccccc1I)OC2C1OCOC31)C(=O)NC(CO)CCC(=O)OC(C)(C)C. The van der Waals surface area contributed by atoms with E-state index in [0.29, 0.717) is 0 Å². The third kappa shape index (κ3) is 6.84. The Morgan fingerprint density at radius 1 is 1.18 bits per heavy atom. The van der Waals surface area contributed by atoms with Gasteiger partial charge < -0.3 is 39.8 Å². The van der Waals surface area contributed by atoms with Crippen LogP contribution in [0.1, 0.15) is 52.5 Å². The van der Waals surface area contributed by atoms with Gasteiger partial charge in [0.15, 0.2) is 6.04 Å². The van der Waals surface area contributed by atoms with Gasteiger partial charge in [0.25, 0.3) is 0 Å². The van der Waals surface area contributed by atoms with Crippen LogP contribution in [0.25, 0.3) is 0 Å². The van der Waals surface area contributed by atoms with Gasteiger partial charge in [-0.05, 0) is 68.3 Å². The maximum Gasteiger partial charge on any atom is 0.327 e. The summed E-state index contributed by atoms with van der Waals surface area (Å²) in [6, 6.07) is 4.08. The summed E-state index contributed by atoms with van der Waals surface area (Å²) >= 11 is 2.18. The lowest BCUT2D eigenvalue weighted by Gasteiger charge is -2.49. The molecule has 15 heteroatoms. The van der Waals surface area contributed by atoms with Gasteiger partial charge in [0.2, 0.25) is 11.8 Å².